The van der Waals surface area contributed by atoms with Gasteiger partial charge in [-0.15, -0.1) is 11.3 Å². The number of carbonyl (C=O) groups is 3. The van der Waals surface area contributed by atoms with E-state index in [0.717, 1.165) is 16.3 Å². The normalized spacial score (nSPS) is 28.6. The summed E-state index contributed by atoms with van der Waals surface area (Å²) in [6, 6.07) is 0. The number of hydrogen-bond donors (Lipinski definition) is 2. The number of rotatable bonds is 3. The molecule has 0 bridgehead atoms. The van der Waals surface area contributed by atoms with Crippen molar-refractivity contribution in [2.24, 2.45) is 17.3 Å². The predicted octanol–water partition coefficient (Wildman–Crippen LogP) is 4.39. The molecule has 2 heterocycles. The van der Waals surface area contributed by atoms with Gasteiger partial charge >= 0.3 is 12.1 Å². The first-order chi connectivity index (χ1) is 17.8. The number of amides is 1. The number of Topliss-reactive ketones (excluding diaryl/α,β-unsaturated/α-hetero) is 1. The van der Waals surface area contributed by atoms with Crippen molar-refractivity contribution < 1.29 is 34.1 Å². The SMILES string of the molecule is CCOC(=O)N1CCC[C@H](C)[C@H](O)[C@@H](C)C(=O)C(C)(C)[C@@H](O)CC(=O)O[C@H](/C(C)=C/c2csc(C)n2)CC1. The molecule has 1 fully saturated rings. The van der Waals surface area contributed by atoms with Crippen LogP contribution >= 0.6 is 11.3 Å². The molecule has 1 aromatic heterocycles. The molecule has 0 unspecified atom stereocenters. The maximum Gasteiger partial charge on any atom is 0.409 e. The summed E-state index contributed by atoms with van der Waals surface area (Å²) in [6.07, 6.45) is -0.340. The topological polar surface area (TPSA) is 126 Å². The van der Waals surface area contributed by atoms with Gasteiger partial charge in [0, 0.05) is 30.8 Å². The van der Waals surface area contributed by atoms with Gasteiger partial charge in [-0.1, -0.05) is 27.7 Å². The van der Waals surface area contributed by atoms with Gasteiger partial charge in [0.05, 0.1) is 41.4 Å². The molecule has 1 saturated heterocycles. The monoisotopic (exact) mass is 552 g/mol. The van der Waals surface area contributed by atoms with Gasteiger partial charge in [-0.2, -0.15) is 0 Å². The minimum Gasteiger partial charge on any atom is -0.458 e. The zero-order chi connectivity index (χ0) is 28.6. The lowest BCUT2D eigenvalue weighted by Crippen LogP contribution is -2.46. The second kappa shape index (κ2) is 14.2. The van der Waals surface area contributed by atoms with E-state index in [1.165, 1.54) is 11.3 Å². The second-order valence-electron chi connectivity index (χ2n) is 10.8. The lowest BCUT2D eigenvalue weighted by molar-refractivity contribution is -0.154. The van der Waals surface area contributed by atoms with Gasteiger partial charge in [0.1, 0.15) is 11.9 Å². The molecule has 2 N–H and O–H groups in total. The highest BCUT2D eigenvalue weighted by atomic mass is 32.1. The van der Waals surface area contributed by atoms with Crippen LogP contribution in [-0.4, -0.2) is 76.0 Å². The Hall–Kier alpha value is -2.30. The molecule has 0 aromatic carbocycles. The van der Waals surface area contributed by atoms with Crippen molar-refractivity contribution >= 4 is 35.3 Å². The van der Waals surface area contributed by atoms with Crippen LogP contribution in [0.4, 0.5) is 4.79 Å². The lowest BCUT2D eigenvalue weighted by atomic mass is 9.73. The molecule has 1 aliphatic rings. The van der Waals surface area contributed by atoms with Gasteiger partial charge in [-0.25, -0.2) is 9.78 Å². The molecule has 0 aliphatic carbocycles. The van der Waals surface area contributed by atoms with E-state index in [1.54, 1.807) is 32.6 Å². The van der Waals surface area contributed by atoms with Gasteiger partial charge in [0.25, 0.3) is 0 Å². The average molecular weight is 553 g/mol. The number of carbonyl (C=O) groups excluding carboxylic acids is 3. The van der Waals surface area contributed by atoms with E-state index in [-0.39, 0.29) is 31.3 Å². The van der Waals surface area contributed by atoms with Crippen LogP contribution in [0.2, 0.25) is 0 Å². The number of cyclic esters (lactones) is 1. The van der Waals surface area contributed by atoms with Crippen LogP contribution in [0.15, 0.2) is 11.0 Å². The number of aromatic nitrogens is 1. The minimum atomic E-state index is -1.29. The first-order valence-electron chi connectivity index (χ1n) is 13.4. The van der Waals surface area contributed by atoms with Crippen molar-refractivity contribution in [1.29, 1.82) is 0 Å². The maximum absolute atomic E-state index is 13.3. The number of esters is 1. The third kappa shape index (κ3) is 8.61. The van der Waals surface area contributed by atoms with Crippen LogP contribution in [0, 0.1) is 24.2 Å². The van der Waals surface area contributed by atoms with Crippen molar-refractivity contribution in [3.8, 4) is 0 Å². The first kappa shape index (κ1) is 31.9. The third-order valence-corrected chi connectivity index (χ3v) is 8.20. The van der Waals surface area contributed by atoms with Crippen LogP contribution in [0.1, 0.15) is 77.9 Å². The molecule has 0 saturated carbocycles. The number of hydrogen-bond acceptors (Lipinski definition) is 9. The summed E-state index contributed by atoms with van der Waals surface area (Å²) in [5.74, 6) is -1.91. The highest BCUT2D eigenvalue weighted by Gasteiger charge is 2.42. The third-order valence-electron chi connectivity index (χ3n) is 7.41. The molecule has 1 amide bonds. The fraction of sp³-hybridized carbons (Fsp3) is 0.714. The fourth-order valence-corrected chi connectivity index (χ4v) is 5.30. The van der Waals surface area contributed by atoms with Gasteiger partial charge in [0.2, 0.25) is 0 Å². The van der Waals surface area contributed by atoms with Crippen molar-refractivity contribution in [3.05, 3.63) is 21.7 Å². The Morgan fingerprint density at radius 1 is 1.26 bits per heavy atom. The Labute approximate surface area is 230 Å². The summed E-state index contributed by atoms with van der Waals surface area (Å²) < 4.78 is 11.1. The highest BCUT2D eigenvalue weighted by molar-refractivity contribution is 7.09. The van der Waals surface area contributed by atoms with Crippen molar-refractivity contribution in [3.63, 3.8) is 0 Å². The number of aryl methyl sites for hydroxylation is 1. The van der Waals surface area contributed by atoms with E-state index >= 15 is 0 Å². The van der Waals surface area contributed by atoms with Crippen LogP contribution in [0.5, 0.6) is 0 Å². The Balaban J connectivity index is 2.38. The summed E-state index contributed by atoms with van der Waals surface area (Å²) >= 11 is 1.51. The summed E-state index contributed by atoms with van der Waals surface area (Å²) in [7, 11) is 0. The number of aliphatic hydroxyl groups is 2. The van der Waals surface area contributed by atoms with Gasteiger partial charge in [-0.3, -0.25) is 9.59 Å². The predicted molar refractivity (Wildman–Crippen MR) is 147 cm³/mol. The smallest absolute Gasteiger partial charge is 0.409 e. The largest absolute Gasteiger partial charge is 0.458 e. The van der Waals surface area contributed by atoms with Crippen molar-refractivity contribution in [2.45, 2.75) is 92.5 Å². The summed E-state index contributed by atoms with van der Waals surface area (Å²) in [5, 5.41) is 24.6. The first-order valence-corrected chi connectivity index (χ1v) is 14.3. The Morgan fingerprint density at radius 2 is 1.95 bits per heavy atom. The van der Waals surface area contributed by atoms with E-state index in [1.807, 2.05) is 32.2 Å². The highest BCUT2D eigenvalue weighted by Crippen LogP contribution is 2.32. The van der Waals surface area contributed by atoms with E-state index in [9.17, 15) is 24.6 Å². The molecular formula is C28H44N2O7S. The second-order valence-corrected chi connectivity index (χ2v) is 11.9. The number of nitrogens with zero attached hydrogens (tertiary/aromatic N) is 2. The molecule has 9 nitrogen and oxygen atoms in total. The molecule has 0 spiro atoms. The quantitative estimate of drug-likeness (QED) is 0.529. The summed E-state index contributed by atoms with van der Waals surface area (Å²) in [5.41, 5.74) is 0.252. The summed E-state index contributed by atoms with van der Waals surface area (Å²) in [6.45, 7) is 13.1. The van der Waals surface area contributed by atoms with E-state index in [0.29, 0.717) is 25.8 Å². The Morgan fingerprint density at radius 3 is 2.55 bits per heavy atom. The molecule has 1 aliphatic heterocycles. The summed E-state index contributed by atoms with van der Waals surface area (Å²) in [4.78, 5) is 45.0. The van der Waals surface area contributed by atoms with Crippen molar-refractivity contribution in [1.82, 2.24) is 9.88 Å². The lowest BCUT2D eigenvalue weighted by Gasteiger charge is -2.35. The fourth-order valence-electron chi connectivity index (χ4n) is 4.73. The standard InChI is InChI=1S/C28H44N2O7S/c1-8-36-27(35)30-12-9-10-17(2)25(33)19(4)26(34)28(6,7)23(31)15-24(32)37-22(11-13-30)18(3)14-21-16-38-20(5)29-21/h14,16-17,19,22-23,25,31,33H,8-13,15H2,1-7H3/b18-14+/t17-,19+,22-,23-,25-/m0/s1. The van der Waals surface area contributed by atoms with E-state index in [2.05, 4.69) is 4.98 Å². The maximum atomic E-state index is 13.3. The van der Waals surface area contributed by atoms with Gasteiger partial charge in [-0.05, 0) is 51.2 Å². The van der Waals surface area contributed by atoms with E-state index < -0.39 is 41.7 Å². The molecule has 214 valence electrons. The van der Waals surface area contributed by atoms with Crippen LogP contribution in [-0.2, 0) is 19.1 Å². The zero-order valence-electron chi connectivity index (χ0n) is 23.7. The molecule has 0 radical (unpaired) electrons. The van der Waals surface area contributed by atoms with E-state index in [4.69, 9.17) is 9.47 Å². The molecule has 2 rings (SSSR count). The van der Waals surface area contributed by atoms with Crippen LogP contribution in [0.25, 0.3) is 6.08 Å². The van der Waals surface area contributed by atoms with Crippen molar-refractivity contribution in [2.75, 3.05) is 19.7 Å². The minimum absolute atomic E-state index is 0.205. The average Bonchev–Trinajstić information content (AvgIpc) is 3.27. The van der Waals surface area contributed by atoms with Gasteiger partial charge < -0.3 is 24.6 Å². The number of aliphatic hydroxyl groups excluding tert-OH is 2. The molecule has 38 heavy (non-hydrogen) atoms. The number of thiazole rings is 1. The number of ether oxygens (including phenoxy) is 2. The molecular weight excluding hydrogens is 508 g/mol. The number of ketones is 1. The molecule has 1 aromatic rings. The van der Waals surface area contributed by atoms with Crippen LogP contribution in [0.3, 0.4) is 0 Å². The Bertz CT molecular complexity index is 990. The molecule has 5 atom stereocenters. The van der Waals surface area contributed by atoms with Gasteiger partial charge in [0.15, 0.2) is 0 Å². The van der Waals surface area contributed by atoms with Crippen LogP contribution < -0.4 is 0 Å². The zero-order valence-corrected chi connectivity index (χ0v) is 24.5. The molecule has 10 heteroatoms. The Kier molecular flexibility index (Phi) is 11.9.